The predicted molar refractivity (Wildman–Crippen MR) is 63.9 cm³/mol. The maximum absolute atomic E-state index is 6.08. The number of hydrogen-bond acceptors (Lipinski definition) is 3. The van der Waals surface area contributed by atoms with Crippen LogP contribution >= 0.6 is 0 Å². The summed E-state index contributed by atoms with van der Waals surface area (Å²) in [5, 5.41) is 0. The van der Waals surface area contributed by atoms with Gasteiger partial charge in [0, 0.05) is 12.4 Å². The third-order valence-electron chi connectivity index (χ3n) is 2.61. The summed E-state index contributed by atoms with van der Waals surface area (Å²) in [6.07, 6.45) is 4.46. The van der Waals surface area contributed by atoms with Crippen LogP contribution in [0, 0.1) is 0 Å². The number of benzene rings is 1. The van der Waals surface area contributed by atoms with E-state index in [4.69, 9.17) is 5.73 Å². The minimum Gasteiger partial charge on any atom is -0.318 e. The number of rotatable bonds is 3. The van der Waals surface area contributed by atoms with Crippen LogP contribution in [-0.4, -0.2) is 9.97 Å². The molecule has 2 aromatic rings. The van der Waals surface area contributed by atoms with Gasteiger partial charge >= 0.3 is 0 Å². The minimum absolute atomic E-state index is 0.243. The summed E-state index contributed by atoms with van der Waals surface area (Å²) in [5.41, 5.74) is 8.44. The van der Waals surface area contributed by atoms with Crippen molar-refractivity contribution in [1.29, 1.82) is 0 Å². The van der Waals surface area contributed by atoms with E-state index in [0.29, 0.717) is 5.82 Å². The number of hydrogen-bond donors (Lipinski definition) is 1. The molecule has 0 bridgehead atoms. The van der Waals surface area contributed by atoms with Gasteiger partial charge in [-0.25, -0.2) is 9.97 Å². The van der Waals surface area contributed by atoms with Gasteiger partial charge < -0.3 is 5.73 Å². The lowest BCUT2D eigenvalue weighted by atomic mass is 10.0. The molecule has 1 aromatic heterocycles. The average molecular weight is 213 g/mol. The summed E-state index contributed by atoms with van der Waals surface area (Å²) < 4.78 is 0. The van der Waals surface area contributed by atoms with Gasteiger partial charge in [-0.2, -0.15) is 0 Å². The van der Waals surface area contributed by atoms with Gasteiger partial charge in [-0.3, -0.25) is 0 Å². The number of aromatic nitrogens is 2. The molecule has 0 fully saturated rings. The first-order chi connectivity index (χ1) is 7.81. The molecule has 3 nitrogen and oxygen atoms in total. The van der Waals surface area contributed by atoms with Gasteiger partial charge in [0.15, 0.2) is 0 Å². The third kappa shape index (κ3) is 2.25. The van der Waals surface area contributed by atoms with Crippen LogP contribution in [0.5, 0.6) is 0 Å². The zero-order valence-electron chi connectivity index (χ0n) is 9.30. The normalized spacial score (nSPS) is 12.4. The Morgan fingerprint density at radius 2 is 1.75 bits per heavy atom. The molecule has 0 amide bonds. The van der Waals surface area contributed by atoms with Crippen LogP contribution in [0.3, 0.4) is 0 Å². The van der Waals surface area contributed by atoms with Crippen molar-refractivity contribution in [3.8, 4) is 0 Å². The molecule has 0 aliphatic heterocycles. The van der Waals surface area contributed by atoms with Gasteiger partial charge in [0.05, 0.1) is 6.04 Å². The molecule has 1 unspecified atom stereocenters. The lowest BCUT2D eigenvalue weighted by Gasteiger charge is -2.10. The topological polar surface area (TPSA) is 51.8 Å². The Bertz CT molecular complexity index is 436. The van der Waals surface area contributed by atoms with Crippen LogP contribution in [0.4, 0.5) is 0 Å². The molecule has 0 aliphatic carbocycles. The Morgan fingerprint density at radius 1 is 1.12 bits per heavy atom. The fraction of sp³-hybridized carbons (Fsp3) is 0.231. The summed E-state index contributed by atoms with van der Waals surface area (Å²) in [4.78, 5) is 8.32. The molecule has 0 aliphatic rings. The smallest absolute Gasteiger partial charge is 0.149 e. The number of nitrogens with zero attached hydrogens (tertiary/aromatic N) is 2. The van der Waals surface area contributed by atoms with E-state index in [1.165, 1.54) is 5.56 Å². The molecule has 1 aromatic carbocycles. The van der Waals surface area contributed by atoms with Crippen molar-refractivity contribution in [1.82, 2.24) is 9.97 Å². The maximum Gasteiger partial charge on any atom is 0.149 e. The van der Waals surface area contributed by atoms with Crippen LogP contribution in [0.25, 0.3) is 0 Å². The van der Waals surface area contributed by atoms with E-state index in [-0.39, 0.29) is 6.04 Å². The molecule has 2 N–H and O–H groups in total. The predicted octanol–water partition coefficient (Wildman–Crippen LogP) is 2.09. The van der Waals surface area contributed by atoms with E-state index in [0.717, 1.165) is 12.0 Å². The quantitative estimate of drug-likeness (QED) is 0.849. The highest BCUT2D eigenvalue weighted by Crippen LogP contribution is 2.16. The summed E-state index contributed by atoms with van der Waals surface area (Å²) in [7, 11) is 0. The molecule has 0 saturated carbocycles. The third-order valence-corrected chi connectivity index (χ3v) is 2.61. The molecule has 2 rings (SSSR count). The van der Waals surface area contributed by atoms with Crippen molar-refractivity contribution in [2.45, 2.75) is 19.4 Å². The second kappa shape index (κ2) is 4.86. The summed E-state index contributed by atoms with van der Waals surface area (Å²) in [6, 6.07) is 9.82. The van der Waals surface area contributed by atoms with Crippen molar-refractivity contribution >= 4 is 0 Å². The van der Waals surface area contributed by atoms with Crippen molar-refractivity contribution in [3.63, 3.8) is 0 Å². The molecule has 0 radical (unpaired) electrons. The Morgan fingerprint density at radius 3 is 2.31 bits per heavy atom. The van der Waals surface area contributed by atoms with Crippen molar-refractivity contribution in [2.24, 2.45) is 5.73 Å². The van der Waals surface area contributed by atoms with Crippen molar-refractivity contribution in [3.05, 3.63) is 59.7 Å². The van der Waals surface area contributed by atoms with Crippen LogP contribution < -0.4 is 5.73 Å². The van der Waals surface area contributed by atoms with E-state index >= 15 is 0 Å². The Kier molecular flexibility index (Phi) is 3.27. The number of nitrogens with two attached hydrogens (primary N) is 1. The molecule has 0 saturated heterocycles. The first-order valence-electron chi connectivity index (χ1n) is 5.42. The summed E-state index contributed by atoms with van der Waals surface area (Å²) >= 11 is 0. The zero-order valence-corrected chi connectivity index (χ0v) is 9.30. The van der Waals surface area contributed by atoms with E-state index in [9.17, 15) is 0 Å². The molecule has 1 atom stereocenters. The second-order valence-corrected chi connectivity index (χ2v) is 3.68. The lowest BCUT2D eigenvalue weighted by molar-refractivity contribution is 0.780. The zero-order chi connectivity index (χ0) is 11.4. The van der Waals surface area contributed by atoms with E-state index in [1.54, 1.807) is 18.5 Å². The molecular weight excluding hydrogens is 198 g/mol. The highest BCUT2D eigenvalue weighted by molar-refractivity contribution is 5.28. The Labute approximate surface area is 95.4 Å². The minimum atomic E-state index is -0.243. The van der Waals surface area contributed by atoms with E-state index < -0.39 is 0 Å². The highest BCUT2D eigenvalue weighted by atomic mass is 14.9. The van der Waals surface area contributed by atoms with Gasteiger partial charge in [0.1, 0.15) is 5.82 Å². The molecule has 16 heavy (non-hydrogen) atoms. The average Bonchev–Trinajstić information content (AvgIpc) is 2.39. The van der Waals surface area contributed by atoms with Crippen molar-refractivity contribution < 1.29 is 0 Å². The Balaban J connectivity index is 2.24. The second-order valence-electron chi connectivity index (χ2n) is 3.68. The van der Waals surface area contributed by atoms with Gasteiger partial charge in [0.25, 0.3) is 0 Å². The van der Waals surface area contributed by atoms with Gasteiger partial charge in [-0.05, 0) is 23.6 Å². The van der Waals surface area contributed by atoms with Crippen LogP contribution in [-0.2, 0) is 6.42 Å². The largest absolute Gasteiger partial charge is 0.318 e. The molecule has 82 valence electrons. The number of aryl methyl sites for hydroxylation is 1. The monoisotopic (exact) mass is 213 g/mol. The van der Waals surface area contributed by atoms with Crippen molar-refractivity contribution in [2.75, 3.05) is 0 Å². The van der Waals surface area contributed by atoms with Crippen LogP contribution in [0.1, 0.15) is 29.9 Å². The van der Waals surface area contributed by atoms with Crippen LogP contribution in [0.15, 0.2) is 42.7 Å². The fourth-order valence-corrected chi connectivity index (χ4v) is 1.58. The first-order valence-corrected chi connectivity index (χ1v) is 5.42. The molecule has 1 heterocycles. The maximum atomic E-state index is 6.08. The standard InChI is InChI=1S/C13H15N3/c1-2-10-4-6-11(7-5-10)12(14)13-15-8-3-9-16-13/h3-9,12H,2,14H2,1H3. The lowest BCUT2D eigenvalue weighted by Crippen LogP contribution is -2.14. The summed E-state index contributed by atoms with van der Waals surface area (Å²) in [6.45, 7) is 2.13. The fourth-order valence-electron chi connectivity index (χ4n) is 1.58. The van der Waals surface area contributed by atoms with Gasteiger partial charge in [-0.1, -0.05) is 31.2 Å². The molecule has 0 spiro atoms. The highest BCUT2D eigenvalue weighted by Gasteiger charge is 2.10. The van der Waals surface area contributed by atoms with Gasteiger partial charge in [0.2, 0.25) is 0 Å². The molecule has 3 heteroatoms. The Hall–Kier alpha value is -1.74. The SMILES string of the molecule is CCc1ccc(C(N)c2ncccn2)cc1. The van der Waals surface area contributed by atoms with Crippen LogP contribution in [0.2, 0.25) is 0 Å². The van der Waals surface area contributed by atoms with E-state index in [1.807, 2.05) is 12.1 Å². The first kappa shape index (κ1) is 10.8. The summed E-state index contributed by atoms with van der Waals surface area (Å²) in [5.74, 6) is 0.659. The van der Waals surface area contributed by atoms with Gasteiger partial charge in [-0.15, -0.1) is 0 Å². The van der Waals surface area contributed by atoms with E-state index in [2.05, 4.69) is 29.0 Å². The molecular formula is C13H15N3.